The van der Waals surface area contributed by atoms with Gasteiger partial charge in [-0.3, -0.25) is 9.10 Å². The maximum atomic E-state index is 12.2. The summed E-state index contributed by atoms with van der Waals surface area (Å²) in [6.45, 7) is 4.00. The molecule has 2 rings (SSSR count). The summed E-state index contributed by atoms with van der Waals surface area (Å²) >= 11 is 5.98. The second-order valence-corrected chi connectivity index (χ2v) is 8.75. The molecule has 0 spiro atoms. The van der Waals surface area contributed by atoms with Crippen molar-refractivity contribution >= 4 is 39.4 Å². The van der Waals surface area contributed by atoms with E-state index in [9.17, 15) is 13.2 Å². The summed E-state index contributed by atoms with van der Waals surface area (Å²) in [5, 5.41) is 4.27. The lowest BCUT2D eigenvalue weighted by molar-refractivity contribution is -0.119. The molecule has 0 heterocycles. The van der Waals surface area contributed by atoms with Crippen LogP contribution in [0.3, 0.4) is 0 Å². The Morgan fingerprint density at radius 1 is 1.24 bits per heavy atom. The summed E-state index contributed by atoms with van der Waals surface area (Å²) in [5.41, 5.74) is 4.14. The first-order valence-electron chi connectivity index (χ1n) is 8.99. The van der Waals surface area contributed by atoms with E-state index in [0.29, 0.717) is 22.9 Å². The van der Waals surface area contributed by atoms with E-state index in [1.165, 1.54) is 12.3 Å². The fourth-order valence-corrected chi connectivity index (χ4v) is 3.52. The van der Waals surface area contributed by atoms with Crippen molar-refractivity contribution in [3.05, 3.63) is 58.6 Å². The second kappa shape index (κ2) is 10.3. The fourth-order valence-electron chi connectivity index (χ4n) is 2.45. The van der Waals surface area contributed by atoms with Crippen LogP contribution in [-0.2, 0) is 14.8 Å². The summed E-state index contributed by atoms with van der Waals surface area (Å²) in [5.74, 6) is 0.183. The van der Waals surface area contributed by atoms with Crippen LogP contribution in [0.1, 0.15) is 24.5 Å². The van der Waals surface area contributed by atoms with Crippen molar-refractivity contribution in [2.24, 2.45) is 5.10 Å². The van der Waals surface area contributed by atoms with E-state index in [-0.39, 0.29) is 0 Å². The molecule has 2 aromatic rings. The third-order valence-electron chi connectivity index (χ3n) is 3.88. The Labute approximate surface area is 176 Å². The topological polar surface area (TPSA) is 88.1 Å². The highest BCUT2D eigenvalue weighted by atomic mass is 35.5. The number of hydrogen-bond donors (Lipinski definition) is 1. The zero-order valence-electron chi connectivity index (χ0n) is 16.6. The van der Waals surface area contributed by atoms with Gasteiger partial charge in [-0.25, -0.2) is 13.8 Å². The van der Waals surface area contributed by atoms with Crippen molar-refractivity contribution in [1.82, 2.24) is 5.43 Å². The lowest BCUT2D eigenvalue weighted by atomic mass is 10.2. The van der Waals surface area contributed by atoms with Gasteiger partial charge >= 0.3 is 0 Å². The highest BCUT2D eigenvalue weighted by Crippen LogP contribution is 2.26. The number of benzene rings is 2. The highest BCUT2D eigenvalue weighted by Gasteiger charge is 2.22. The highest BCUT2D eigenvalue weighted by molar-refractivity contribution is 7.92. The van der Waals surface area contributed by atoms with Crippen LogP contribution in [0.4, 0.5) is 5.69 Å². The zero-order valence-corrected chi connectivity index (χ0v) is 18.1. The van der Waals surface area contributed by atoms with E-state index >= 15 is 0 Å². The molecule has 0 saturated carbocycles. The maximum Gasteiger partial charge on any atom is 0.260 e. The first kappa shape index (κ1) is 22.7. The van der Waals surface area contributed by atoms with E-state index in [1.54, 1.807) is 31.2 Å². The Morgan fingerprint density at radius 2 is 1.93 bits per heavy atom. The predicted molar refractivity (Wildman–Crippen MR) is 116 cm³/mol. The van der Waals surface area contributed by atoms with Crippen molar-refractivity contribution in [3.8, 4) is 5.75 Å². The van der Waals surface area contributed by atoms with Crippen molar-refractivity contribution in [2.45, 2.75) is 20.3 Å². The number of carbonyl (C=O) groups is 1. The van der Waals surface area contributed by atoms with Crippen molar-refractivity contribution in [1.29, 1.82) is 0 Å². The van der Waals surface area contributed by atoms with Crippen LogP contribution in [0.15, 0.2) is 47.6 Å². The Bertz CT molecular complexity index is 976. The molecule has 29 heavy (non-hydrogen) atoms. The van der Waals surface area contributed by atoms with Gasteiger partial charge in [-0.05, 0) is 60.9 Å². The molecule has 0 aromatic heterocycles. The number of sulfonamides is 1. The van der Waals surface area contributed by atoms with Crippen LogP contribution in [0.25, 0.3) is 0 Å². The van der Waals surface area contributed by atoms with Crippen LogP contribution in [0.5, 0.6) is 5.75 Å². The summed E-state index contributed by atoms with van der Waals surface area (Å²) < 4.78 is 30.9. The molecule has 7 nitrogen and oxygen atoms in total. The Balaban J connectivity index is 2.03. The van der Waals surface area contributed by atoms with Crippen LogP contribution in [0, 0.1) is 6.92 Å². The Morgan fingerprint density at radius 3 is 2.55 bits per heavy atom. The van der Waals surface area contributed by atoms with E-state index in [4.69, 9.17) is 16.3 Å². The van der Waals surface area contributed by atoms with Gasteiger partial charge in [0.2, 0.25) is 10.0 Å². The van der Waals surface area contributed by atoms with E-state index in [1.807, 2.05) is 19.1 Å². The van der Waals surface area contributed by atoms with Gasteiger partial charge < -0.3 is 4.74 Å². The van der Waals surface area contributed by atoms with Crippen LogP contribution >= 0.6 is 11.6 Å². The summed E-state index contributed by atoms with van der Waals surface area (Å²) in [6.07, 6.45) is 3.43. The second-order valence-electron chi connectivity index (χ2n) is 6.41. The largest absolute Gasteiger partial charge is 0.494 e. The lowest BCUT2D eigenvalue weighted by Gasteiger charge is -2.23. The number of hydrazone groups is 1. The third kappa shape index (κ3) is 7.07. The number of amides is 1. The molecule has 0 aliphatic heterocycles. The number of nitrogens with one attached hydrogen (secondary N) is 1. The molecule has 0 aliphatic rings. The van der Waals surface area contributed by atoms with E-state index in [2.05, 4.69) is 10.5 Å². The van der Waals surface area contributed by atoms with Crippen LogP contribution in [-0.4, -0.2) is 39.9 Å². The number of nitrogens with zero attached hydrogens (tertiary/aromatic N) is 2. The summed E-state index contributed by atoms with van der Waals surface area (Å²) in [6, 6.07) is 12.1. The molecule has 0 unspecified atom stereocenters. The molecule has 2 aromatic carbocycles. The first-order valence-corrected chi connectivity index (χ1v) is 11.2. The molecular formula is C20H24ClN3O4S. The van der Waals surface area contributed by atoms with Crippen molar-refractivity contribution in [2.75, 3.05) is 23.7 Å². The SMILES string of the molecule is CCCOc1ccc(/C=N\NC(=O)CN(c2cc(Cl)ccc2C)S(C)(=O)=O)cc1. The Hall–Kier alpha value is -2.58. The lowest BCUT2D eigenvalue weighted by Crippen LogP contribution is -2.39. The van der Waals surface area contributed by atoms with Gasteiger partial charge in [-0.1, -0.05) is 24.6 Å². The normalized spacial score (nSPS) is 11.4. The first-order chi connectivity index (χ1) is 13.7. The molecule has 0 bridgehead atoms. The van der Waals surface area contributed by atoms with Crippen molar-refractivity contribution < 1.29 is 17.9 Å². The molecule has 156 valence electrons. The van der Waals surface area contributed by atoms with Gasteiger partial charge in [0.05, 0.1) is 24.8 Å². The minimum absolute atomic E-state index is 0.349. The number of ether oxygens (including phenoxy) is 1. The number of rotatable bonds is 9. The monoisotopic (exact) mass is 437 g/mol. The van der Waals surface area contributed by atoms with E-state index in [0.717, 1.165) is 28.3 Å². The number of hydrogen-bond acceptors (Lipinski definition) is 5. The average Bonchev–Trinajstić information content (AvgIpc) is 2.66. The minimum atomic E-state index is -3.69. The van der Waals surface area contributed by atoms with Gasteiger partial charge in [0.25, 0.3) is 5.91 Å². The minimum Gasteiger partial charge on any atom is -0.494 e. The van der Waals surface area contributed by atoms with Gasteiger partial charge in [-0.15, -0.1) is 0 Å². The molecule has 0 atom stereocenters. The molecule has 1 N–H and O–H groups in total. The van der Waals surface area contributed by atoms with Gasteiger partial charge in [0.15, 0.2) is 0 Å². The molecule has 0 aliphatic carbocycles. The smallest absolute Gasteiger partial charge is 0.260 e. The summed E-state index contributed by atoms with van der Waals surface area (Å²) in [7, 11) is -3.69. The standard InChI is InChI=1S/C20H24ClN3O4S/c1-4-11-28-18-9-6-16(7-10-18)13-22-23-20(25)14-24(29(3,26)27)19-12-17(21)8-5-15(19)2/h5-10,12-13H,4,11,14H2,1-3H3,(H,23,25)/b22-13-. The number of aryl methyl sites for hydroxylation is 1. The average molecular weight is 438 g/mol. The number of halogens is 1. The molecule has 1 amide bonds. The molecular weight excluding hydrogens is 414 g/mol. The van der Waals surface area contributed by atoms with Crippen LogP contribution in [0.2, 0.25) is 5.02 Å². The fraction of sp³-hybridized carbons (Fsp3) is 0.300. The number of carbonyl (C=O) groups excluding carboxylic acids is 1. The molecule has 9 heteroatoms. The quantitative estimate of drug-likeness (QED) is 0.481. The number of anilines is 1. The maximum absolute atomic E-state index is 12.2. The van der Waals surface area contributed by atoms with Crippen molar-refractivity contribution in [3.63, 3.8) is 0 Å². The molecule has 0 saturated heterocycles. The molecule has 0 radical (unpaired) electrons. The predicted octanol–water partition coefficient (Wildman–Crippen LogP) is 3.35. The molecule has 0 fully saturated rings. The van der Waals surface area contributed by atoms with Gasteiger partial charge in [-0.2, -0.15) is 5.10 Å². The third-order valence-corrected chi connectivity index (χ3v) is 5.24. The summed E-state index contributed by atoms with van der Waals surface area (Å²) in [4.78, 5) is 12.2. The van der Waals surface area contributed by atoms with E-state index < -0.39 is 22.5 Å². The van der Waals surface area contributed by atoms with Crippen LogP contribution < -0.4 is 14.5 Å². The van der Waals surface area contributed by atoms with Gasteiger partial charge in [0.1, 0.15) is 12.3 Å². The van der Waals surface area contributed by atoms with Gasteiger partial charge in [0, 0.05) is 5.02 Å². The zero-order chi connectivity index (χ0) is 21.4. The Kier molecular flexibility index (Phi) is 8.04.